The van der Waals surface area contributed by atoms with E-state index < -0.39 is 14.9 Å². The van der Waals surface area contributed by atoms with Gasteiger partial charge in [0.2, 0.25) is 10.0 Å². The molecule has 1 aliphatic heterocycles. The summed E-state index contributed by atoms with van der Waals surface area (Å²) in [5.74, 6) is -0.136. The molecular weight excluding hydrogens is 396 g/mol. The average molecular weight is 418 g/mol. The monoisotopic (exact) mass is 418 g/mol. The van der Waals surface area contributed by atoms with Crippen molar-refractivity contribution >= 4 is 27.3 Å². The van der Waals surface area contributed by atoms with Crippen LogP contribution in [0.2, 0.25) is 0 Å². The minimum Gasteiger partial charge on any atom is -0.378 e. The van der Waals surface area contributed by atoms with Crippen molar-refractivity contribution in [2.45, 2.75) is 4.90 Å². The maximum absolute atomic E-state index is 12.8. The Kier molecular flexibility index (Phi) is 5.85. The third-order valence-electron chi connectivity index (χ3n) is 4.84. The second-order valence-electron chi connectivity index (χ2n) is 6.89. The minimum atomic E-state index is -3.77. The van der Waals surface area contributed by atoms with Crippen LogP contribution in [0.5, 0.6) is 0 Å². The van der Waals surface area contributed by atoms with Crippen LogP contribution in [0.25, 0.3) is 0 Å². The molecule has 2 aromatic rings. The van der Waals surface area contributed by atoms with Gasteiger partial charge in [0, 0.05) is 63.7 Å². The van der Waals surface area contributed by atoms with Gasteiger partial charge in [-0.15, -0.1) is 0 Å². The standard InChI is InChI=1S/C19H22N4O5S/c1-20(2)16-5-3-15(4-6-16)19(24)21-11-13-22(14-12-21)29(27,28)18-9-7-17(8-10-18)23(25)26/h3-10H,11-14H2,1-2H3. The second kappa shape index (κ2) is 8.18. The molecular formula is C19H22N4O5S. The molecule has 29 heavy (non-hydrogen) atoms. The number of non-ortho nitro benzene ring substituents is 1. The first kappa shape index (κ1) is 20.7. The molecule has 154 valence electrons. The Morgan fingerprint density at radius 2 is 1.52 bits per heavy atom. The molecule has 1 saturated heterocycles. The van der Waals surface area contributed by atoms with E-state index in [4.69, 9.17) is 0 Å². The van der Waals surface area contributed by atoms with Gasteiger partial charge in [-0.1, -0.05) is 0 Å². The van der Waals surface area contributed by atoms with Gasteiger partial charge >= 0.3 is 0 Å². The predicted octanol–water partition coefficient (Wildman–Crippen LogP) is 1.81. The van der Waals surface area contributed by atoms with Crippen molar-refractivity contribution in [3.05, 3.63) is 64.2 Å². The van der Waals surface area contributed by atoms with E-state index in [1.807, 2.05) is 31.1 Å². The molecule has 10 heteroatoms. The average Bonchev–Trinajstić information content (AvgIpc) is 2.73. The molecule has 0 unspecified atom stereocenters. The Bertz CT molecular complexity index is 996. The smallest absolute Gasteiger partial charge is 0.269 e. The summed E-state index contributed by atoms with van der Waals surface area (Å²) in [6.07, 6.45) is 0. The number of amides is 1. The Morgan fingerprint density at radius 3 is 2.00 bits per heavy atom. The lowest BCUT2D eigenvalue weighted by molar-refractivity contribution is -0.384. The van der Waals surface area contributed by atoms with E-state index in [0.717, 1.165) is 5.69 Å². The molecule has 0 bridgehead atoms. The molecule has 0 radical (unpaired) electrons. The van der Waals surface area contributed by atoms with Crippen LogP contribution >= 0.6 is 0 Å². The Hall–Kier alpha value is -2.98. The summed E-state index contributed by atoms with van der Waals surface area (Å²) < 4.78 is 26.8. The normalized spacial score (nSPS) is 15.2. The number of hydrogen-bond donors (Lipinski definition) is 0. The Labute approximate surface area is 169 Å². The molecule has 1 fully saturated rings. The molecule has 0 aliphatic carbocycles. The summed E-state index contributed by atoms with van der Waals surface area (Å²) in [6.45, 7) is 0.892. The SMILES string of the molecule is CN(C)c1ccc(C(=O)N2CCN(S(=O)(=O)c3ccc([N+](=O)[O-])cc3)CC2)cc1. The number of sulfonamides is 1. The molecule has 0 atom stereocenters. The van der Waals surface area contributed by atoms with Crippen LogP contribution in [0.1, 0.15) is 10.4 Å². The van der Waals surface area contributed by atoms with E-state index in [-0.39, 0.29) is 42.7 Å². The number of rotatable bonds is 5. The zero-order valence-corrected chi connectivity index (χ0v) is 17.0. The predicted molar refractivity (Wildman–Crippen MR) is 109 cm³/mol. The number of nitro groups is 1. The van der Waals surface area contributed by atoms with E-state index in [1.54, 1.807) is 17.0 Å². The summed E-state index contributed by atoms with van der Waals surface area (Å²) >= 11 is 0. The highest BCUT2D eigenvalue weighted by Gasteiger charge is 2.30. The number of hydrogen-bond acceptors (Lipinski definition) is 6. The van der Waals surface area contributed by atoms with Gasteiger partial charge in [0.25, 0.3) is 11.6 Å². The fourth-order valence-electron chi connectivity index (χ4n) is 3.11. The van der Waals surface area contributed by atoms with Crippen molar-refractivity contribution in [1.29, 1.82) is 0 Å². The number of piperazine rings is 1. The molecule has 0 saturated carbocycles. The second-order valence-corrected chi connectivity index (χ2v) is 8.83. The largest absolute Gasteiger partial charge is 0.378 e. The first-order valence-corrected chi connectivity index (χ1v) is 10.5. The first-order chi connectivity index (χ1) is 13.7. The zero-order valence-electron chi connectivity index (χ0n) is 16.2. The number of carbonyl (C=O) groups is 1. The molecule has 1 heterocycles. The van der Waals surface area contributed by atoms with Crippen LogP contribution in [-0.4, -0.2) is 68.7 Å². The van der Waals surface area contributed by atoms with Crippen molar-refractivity contribution in [3.63, 3.8) is 0 Å². The van der Waals surface area contributed by atoms with Crippen LogP contribution < -0.4 is 4.90 Å². The first-order valence-electron chi connectivity index (χ1n) is 9.01. The van der Waals surface area contributed by atoms with Crippen molar-refractivity contribution in [2.24, 2.45) is 0 Å². The molecule has 0 aromatic heterocycles. The van der Waals surface area contributed by atoms with Gasteiger partial charge < -0.3 is 9.80 Å². The highest BCUT2D eigenvalue weighted by molar-refractivity contribution is 7.89. The zero-order chi connectivity index (χ0) is 21.2. The van der Waals surface area contributed by atoms with Crippen molar-refractivity contribution in [1.82, 2.24) is 9.21 Å². The number of benzene rings is 2. The van der Waals surface area contributed by atoms with Crippen molar-refractivity contribution < 1.29 is 18.1 Å². The molecule has 2 aromatic carbocycles. The highest BCUT2D eigenvalue weighted by Crippen LogP contribution is 2.21. The van der Waals surface area contributed by atoms with E-state index >= 15 is 0 Å². The summed E-state index contributed by atoms with van der Waals surface area (Å²) in [7, 11) is 0.0700. The van der Waals surface area contributed by atoms with Gasteiger partial charge in [-0.3, -0.25) is 14.9 Å². The van der Waals surface area contributed by atoms with Crippen LogP contribution in [0, 0.1) is 10.1 Å². The van der Waals surface area contributed by atoms with Gasteiger partial charge in [-0.25, -0.2) is 8.42 Å². The fourth-order valence-corrected chi connectivity index (χ4v) is 4.53. The van der Waals surface area contributed by atoms with E-state index in [0.29, 0.717) is 5.56 Å². The molecule has 3 rings (SSSR count). The summed E-state index contributed by atoms with van der Waals surface area (Å²) in [5.41, 5.74) is 1.38. The van der Waals surface area contributed by atoms with E-state index in [9.17, 15) is 23.3 Å². The number of nitro benzene ring substituents is 1. The summed E-state index contributed by atoms with van der Waals surface area (Å²) in [5, 5.41) is 10.7. The lowest BCUT2D eigenvalue weighted by Gasteiger charge is -2.34. The quantitative estimate of drug-likeness (QED) is 0.542. The minimum absolute atomic E-state index is 0.00199. The van der Waals surface area contributed by atoms with E-state index in [1.165, 1.54) is 28.6 Å². The lowest BCUT2D eigenvalue weighted by Crippen LogP contribution is -2.50. The van der Waals surface area contributed by atoms with Crippen LogP contribution in [-0.2, 0) is 10.0 Å². The maximum atomic E-state index is 12.8. The van der Waals surface area contributed by atoms with Gasteiger partial charge in [0.15, 0.2) is 0 Å². The molecule has 9 nitrogen and oxygen atoms in total. The number of anilines is 1. The lowest BCUT2D eigenvalue weighted by atomic mass is 10.1. The molecule has 1 amide bonds. The third kappa shape index (κ3) is 4.38. The van der Waals surface area contributed by atoms with E-state index in [2.05, 4.69) is 0 Å². The Morgan fingerprint density at radius 1 is 0.966 bits per heavy atom. The number of nitrogens with zero attached hydrogens (tertiary/aromatic N) is 4. The Balaban J connectivity index is 1.66. The van der Waals surface area contributed by atoms with Crippen molar-refractivity contribution in [2.75, 3.05) is 45.2 Å². The molecule has 1 aliphatic rings. The third-order valence-corrected chi connectivity index (χ3v) is 6.75. The van der Waals surface area contributed by atoms with Crippen LogP contribution in [0.3, 0.4) is 0 Å². The molecule has 0 spiro atoms. The summed E-state index contributed by atoms with van der Waals surface area (Å²) in [4.78, 5) is 26.4. The van der Waals surface area contributed by atoms with Gasteiger partial charge in [0.05, 0.1) is 9.82 Å². The van der Waals surface area contributed by atoms with Gasteiger partial charge in [0.1, 0.15) is 0 Å². The number of carbonyl (C=O) groups excluding carboxylic acids is 1. The topological polar surface area (TPSA) is 104 Å². The molecule has 0 N–H and O–H groups in total. The fraction of sp³-hybridized carbons (Fsp3) is 0.316. The highest BCUT2D eigenvalue weighted by atomic mass is 32.2. The summed E-state index contributed by atoms with van der Waals surface area (Å²) in [6, 6.07) is 12.1. The van der Waals surface area contributed by atoms with Gasteiger partial charge in [-0.05, 0) is 36.4 Å². The van der Waals surface area contributed by atoms with Crippen LogP contribution in [0.15, 0.2) is 53.4 Å². The van der Waals surface area contributed by atoms with Crippen LogP contribution in [0.4, 0.5) is 11.4 Å². The van der Waals surface area contributed by atoms with Gasteiger partial charge in [-0.2, -0.15) is 4.31 Å². The maximum Gasteiger partial charge on any atom is 0.269 e. The van der Waals surface area contributed by atoms with Crippen molar-refractivity contribution in [3.8, 4) is 0 Å².